The summed E-state index contributed by atoms with van der Waals surface area (Å²) in [6.45, 7) is 9.19. The molecule has 292 valence electrons. The third kappa shape index (κ3) is 9.31. The standard InChI is InChI=1S/C37H23F3N2O6.C3H8.C2H6.H5P3/c1-4-18-47-26-12-8-24(9-13-26)41-32(43)28-16-6-22(20-30(28)34(41)45)36(3,37(38,39)40)23-7-17-29-31(21-23)35(46)42(33(29)44)25-10-14-27(15-11-25)48-19-5-2;1-3-2;1-2;1-3-2/h1-2,6-17,20-21H,18-19H2,3H3;3H2,1-2H3;1-2H3;3H,1-2H2. The first-order chi connectivity index (χ1) is 26.7. The minimum absolute atomic E-state index is 0.0118. The molecule has 0 fully saturated rings. The van der Waals surface area contributed by atoms with Crippen LogP contribution in [-0.4, -0.2) is 43.0 Å². The number of fused-ring (bicyclic) bond motifs is 2. The monoisotopic (exact) mass is 820 g/mol. The van der Waals surface area contributed by atoms with Crippen molar-refractivity contribution >= 4 is 60.8 Å². The molecule has 2 atom stereocenters. The normalized spacial score (nSPS) is 12.8. The average Bonchev–Trinajstić information content (AvgIpc) is 3.60. The van der Waals surface area contributed by atoms with E-state index >= 15 is 13.2 Å². The minimum Gasteiger partial charge on any atom is -0.481 e. The van der Waals surface area contributed by atoms with Crippen LogP contribution in [0.15, 0.2) is 84.9 Å². The molecule has 4 amide bonds. The molecular formula is C42H42F3N2O6P3. The molecule has 2 unspecified atom stereocenters. The summed E-state index contributed by atoms with van der Waals surface area (Å²) >= 11 is 0. The SMILES string of the molecule is C#CCOc1ccc(N2C(=O)c3ccc(C(C)(c4ccc5c(c4)C(=O)N(c4ccc(OCC#C)cc4)C5=O)C(F)(F)F)cc3C2=O)cc1.CC.CCC.PPP. The average molecular weight is 821 g/mol. The molecule has 0 N–H and O–H groups in total. The maximum atomic E-state index is 15.1. The number of amides is 4. The van der Waals surface area contributed by atoms with Gasteiger partial charge in [0.1, 0.15) is 30.1 Å². The van der Waals surface area contributed by atoms with Crippen LogP contribution in [0.2, 0.25) is 0 Å². The molecule has 0 bridgehead atoms. The van der Waals surface area contributed by atoms with Crippen LogP contribution in [-0.2, 0) is 5.41 Å². The Labute approximate surface area is 331 Å². The molecule has 0 aromatic heterocycles. The number of rotatable bonds is 8. The molecule has 8 nitrogen and oxygen atoms in total. The second kappa shape index (κ2) is 20.2. The van der Waals surface area contributed by atoms with Crippen molar-refractivity contribution in [3.05, 3.63) is 118 Å². The Morgan fingerprint density at radius 1 is 0.625 bits per heavy atom. The van der Waals surface area contributed by atoms with E-state index in [1.165, 1.54) is 67.1 Å². The van der Waals surface area contributed by atoms with Crippen LogP contribution in [0.5, 0.6) is 11.5 Å². The Hall–Kier alpha value is -5.04. The van der Waals surface area contributed by atoms with Crippen LogP contribution >= 0.6 is 25.8 Å². The summed E-state index contributed by atoms with van der Waals surface area (Å²) in [5.41, 5.74) is -3.62. The predicted molar refractivity (Wildman–Crippen MR) is 224 cm³/mol. The fourth-order valence-electron chi connectivity index (χ4n) is 5.70. The third-order valence-corrected chi connectivity index (χ3v) is 8.33. The van der Waals surface area contributed by atoms with Gasteiger partial charge in [-0.3, -0.25) is 19.2 Å². The zero-order valence-electron chi connectivity index (χ0n) is 31.5. The summed E-state index contributed by atoms with van der Waals surface area (Å²) in [6, 6.07) is 18.6. The number of alkyl halides is 3. The second-order valence-corrected chi connectivity index (χ2v) is 16.2. The summed E-state index contributed by atoms with van der Waals surface area (Å²) in [7, 11) is 6.06. The van der Waals surface area contributed by atoms with Crippen molar-refractivity contribution in [2.24, 2.45) is 0 Å². The molecule has 0 spiro atoms. The molecule has 4 aromatic carbocycles. The molecular weight excluding hydrogens is 778 g/mol. The van der Waals surface area contributed by atoms with Crippen molar-refractivity contribution in [2.75, 3.05) is 23.0 Å². The van der Waals surface area contributed by atoms with E-state index in [2.05, 4.69) is 43.5 Å². The first-order valence-electron chi connectivity index (χ1n) is 17.4. The molecule has 0 aliphatic carbocycles. The van der Waals surface area contributed by atoms with E-state index in [9.17, 15) is 19.2 Å². The van der Waals surface area contributed by atoms with Crippen LogP contribution in [0, 0.1) is 24.7 Å². The van der Waals surface area contributed by atoms with Crippen LogP contribution in [0.1, 0.15) is 93.6 Å². The van der Waals surface area contributed by atoms with Gasteiger partial charge in [-0.15, -0.1) is 30.7 Å². The zero-order valence-corrected chi connectivity index (χ0v) is 34.8. The fourth-order valence-corrected chi connectivity index (χ4v) is 5.70. The van der Waals surface area contributed by atoms with E-state index in [1.807, 2.05) is 13.8 Å². The van der Waals surface area contributed by atoms with Gasteiger partial charge in [-0.25, -0.2) is 9.80 Å². The van der Waals surface area contributed by atoms with Gasteiger partial charge in [-0.2, -0.15) is 13.2 Å². The van der Waals surface area contributed by atoms with Gasteiger partial charge in [0.15, 0.2) is 0 Å². The van der Waals surface area contributed by atoms with E-state index in [4.69, 9.17) is 22.3 Å². The van der Waals surface area contributed by atoms with Crippen LogP contribution < -0.4 is 19.3 Å². The Balaban J connectivity index is 0.000000974. The van der Waals surface area contributed by atoms with Gasteiger partial charge in [0.2, 0.25) is 0 Å². The lowest BCUT2D eigenvalue weighted by molar-refractivity contribution is -0.173. The van der Waals surface area contributed by atoms with Crippen molar-refractivity contribution in [1.82, 2.24) is 0 Å². The predicted octanol–water partition coefficient (Wildman–Crippen LogP) is 9.87. The summed E-state index contributed by atoms with van der Waals surface area (Å²) in [6.07, 6.45) is 6.70. The van der Waals surface area contributed by atoms with Crippen LogP contribution in [0.25, 0.3) is 0 Å². The quantitative estimate of drug-likeness (QED) is 0.0999. The Bertz CT molecular complexity index is 2000. The van der Waals surface area contributed by atoms with Crippen molar-refractivity contribution in [3.8, 4) is 36.2 Å². The van der Waals surface area contributed by atoms with Gasteiger partial charge >= 0.3 is 6.18 Å². The van der Waals surface area contributed by atoms with Crippen molar-refractivity contribution in [2.45, 2.75) is 52.6 Å². The molecule has 2 heterocycles. The number of benzene rings is 4. The third-order valence-electron chi connectivity index (χ3n) is 8.33. The lowest BCUT2D eigenvalue weighted by atomic mass is 9.74. The number of carbonyl (C=O) groups excluding carboxylic acids is 4. The lowest BCUT2D eigenvalue weighted by Crippen LogP contribution is -2.41. The molecule has 0 saturated carbocycles. The van der Waals surface area contributed by atoms with Gasteiger partial charge in [-0.05, 0) is 90.8 Å². The number of imide groups is 2. The van der Waals surface area contributed by atoms with Crippen molar-refractivity contribution in [1.29, 1.82) is 0 Å². The highest BCUT2D eigenvalue weighted by atomic mass is 32.4. The van der Waals surface area contributed by atoms with E-state index in [-0.39, 0.29) is 58.0 Å². The van der Waals surface area contributed by atoms with Crippen LogP contribution in [0.3, 0.4) is 0 Å². The number of terminal acetylenes is 2. The smallest absolute Gasteiger partial charge is 0.402 e. The fraction of sp³-hybridized carbons (Fsp3) is 0.238. The molecule has 6 rings (SSSR count). The Morgan fingerprint density at radius 2 is 0.929 bits per heavy atom. The van der Waals surface area contributed by atoms with E-state index in [0.29, 0.717) is 11.5 Å². The van der Waals surface area contributed by atoms with Gasteiger partial charge in [0.25, 0.3) is 23.6 Å². The molecule has 4 aromatic rings. The Morgan fingerprint density at radius 3 is 1.21 bits per heavy atom. The van der Waals surface area contributed by atoms with E-state index in [1.54, 1.807) is 0 Å². The van der Waals surface area contributed by atoms with Gasteiger partial charge in [0, 0.05) is 0 Å². The second-order valence-electron chi connectivity index (χ2n) is 11.9. The number of carbonyl (C=O) groups is 4. The summed E-state index contributed by atoms with van der Waals surface area (Å²) < 4.78 is 55.9. The van der Waals surface area contributed by atoms with Crippen LogP contribution in [0.4, 0.5) is 24.5 Å². The summed E-state index contributed by atoms with van der Waals surface area (Å²) in [5.74, 6) is 2.42. The number of anilines is 2. The molecule has 0 radical (unpaired) electrons. The largest absolute Gasteiger partial charge is 0.481 e. The highest BCUT2D eigenvalue weighted by Crippen LogP contribution is 2.48. The van der Waals surface area contributed by atoms with E-state index < -0.39 is 35.2 Å². The molecule has 14 heteroatoms. The first-order valence-corrected chi connectivity index (χ1v) is 22.0. The topological polar surface area (TPSA) is 93.2 Å². The summed E-state index contributed by atoms with van der Waals surface area (Å²) in [4.78, 5) is 55.1. The molecule has 0 saturated heterocycles. The molecule has 2 aliphatic heterocycles. The number of nitrogens with zero attached hydrogens (tertiary/aromatic N) is 2. The van der Waals surface area contributed by atoms with Crippen molar-refractivity contribution in [3.63, 3.8) is 0 Å². The molecule has 56 heavy (non-hydrogen) atoms. The Kier molecular flexibility index (Phi) is 16.4. The maximum Gasteiger partial charge on any atom is 0.402 e. The van der Waals surface area contributed by atoms with Gasteiger partial charge in [0.05, 0.1) is 33.6 Å². The lowest BCUT2D eigenvalue weighted by Gasteiger charge is -2.33. The zero-order chi connectivity index (χ0) is 41.8. The van der Waals surface area contributed by atoms with Gasteiger partial charge < -0.3 is 9.47 Å². The maximum absolute atomic E-state index is 15.1. The number of ether oxygens (including phenoxy) is 2. The minimum atomic E-state index is -4.94. The summed E-state index contributed by atoms with van der Waals surface area (Å²) in [5, 5.41) is 0. The first kappa shape index (κ1) is 45.4. The number of hydrogen-bond donors (Lipinski definition) is 0. The highest BCUT2D eigenvalue weighted by Gasteiger charge is 2.55. The van der Waals surface area contributed by atoms with Gasteiger partial charge in [-0.1, -0.05) is 66.0 Å². The van der Waals surface area contributed by atoms with Crippen molar-refractivity contribution < 1.29 is 41.8 Å². The molecule has 2 aliphatic rings. The number of hydrogen-bond acceptors (Lipinski definition) is 6. The highest BCUT2D eigenvalue weighted by molar-refractivity contribution is 8.33. The number of halogens is 3. The van der Waals surface area contributed by atoms with E-state index in [0.717, 1.165) is 48.9 Å².